The van der Waals surface area contributed by atoms with Crippen LogP contribution in [0.3, 0.4) is 0 Å². The summed E-state index contributed by atoms with van der Waals surface area (Å²) in [6.45, 7) is 2.97. The topological polar surface area (TPSA) is 100 Å². The molecule has 2 N–H and O–H groups in total. The molecular weight excluding hydrogens is 396 g/mol. The highest BCUT2D eigenvalue weighted by atomic mass is 35.5. The maximum atomic E-state index is 12.3. The van der Waals surface area contributed by atoms with Crippen LogP contribution in [-0.2, 0) is 22.7 Å². The first-order chi connectivity index (χ1) is 13.9. The molecule has 0 spiro atoms. The van der Waals surface area contributed by atoms with E-state index in [9.17, 15) is 9.59 Å². The second-order valence-corrected chi connectivity index (χ2v) is 7.61. The van der Waals surface area contributed by atoms with Crippen LogP contribution in [0, 0.1) is 12.8 Å². The maximum absolute atomic E-state index is 12.3. The number of amides is 2. The van der Waals surface area contributed by atoms with Crippen LogP contribution in [0.4, 0.5) is 0 Å². The summed E-state index contributed by atoms with van der Waals surface area (Å²) < 4.78 is 10.9. The van der Waals surface area contributed by atoms with Crippen LogP contribution in [0.5, 0.6) is 5.75 Å². The number of fused-ring (bicyclic) bond motifs is 1. The number of aromatic amines is 1. The van der Waals surface area contributed by atoms with Gasteiger partial charge in [-0.1, -0.05) is 16.8 Å². The van der Waals surface area contributed by atoms with Gasteiger partial charge in [0, 0.05) is 42.3 Å². The van der Waals surface area contributed by atoms with Gasteiger partial charge in [-0.25, -0.2) is 0 Å². The number of ether oxygens (including phenoxy) is 1. The predicted molar refractivity (Wildman–Crippen MR) is 106 cm³/mol. The number of hydrogen-bond donors (Lipinski definition) is 2. The molecule has 29 heavy (non-hydrogen) atoms. The summed E-state index contributed by atoms with van der Waals surface area (Å²) in [5.74, 6) is 0.154. The molecule has 1 aliphatic rings. The van der Waals surface area contributed by atoms with Gasteiger partial charge < -0.3 is 24.5 Å². The van der Waals surface area contributed by atoms with Gasteiger partial charge in [-0.05, 0) is 25.5 Å². The van der Waals surface area contributed by atoms with Crippen LogP contribution in [0.2, 0.25) is 5.02 Å². The molecule has 1 saturated heterocycles. The molecule has 0 aliphatic carbocycles. The van der Waals surface area contributed by atoms with E-state index in [1.165, 1.54) is 0 Å². The van der Waals surface area contributed by atoms with Gasteiger partial charge in [-0.3, -0.25) is 9.59 Å². The number of carbonyl (C=O) groups is 2. The number of nitrogens with zero attached hydrogens (tertiary/aromatic N) is 2. The SMILES string of the molecule is Cc1cc(COc2cc3[nH]c(CNC(=O)[C@@H]4CCN(C)C4=O)cc3cc2Cl)on1. The summed E-state index contributed by atoms with van der Waals surface area (Å²) in [6, 6.07) is 7.32. The summed E-state index contributed by atoms with van der Waals surface area (Å²) in [5.41, 5.74) is 2.43. The van der Waals surface area contributed by atoms with Crippen molar-refractivity contribution in [1.29, 1.82) is 0 Å². The zero-order valence-electron chi connectivity index (χ0n) is 16.1. The third-order valence-electron chi connectivity index (χ3n) is 4.97. The number of hydrogen-bond acceptors (Lipinski definition) is 5. The van der Waals surface area contributed by atoms with Crippen molar-refractivity contribution in [2.75, 3.05) is 13.6 Å². The first kappa shape index (κ1) is 19.3. The summed E-state index contributed by atoms with van der Waals surface area (Å²) in [5, 5.41) is 8.03. The number of halogens is 1. The first-order valence-corrected chi connectivity index (χ1v) is 9.67. The van der Waals surface area contributed by atoms with Crippen molar-refractivity contribution in [2.45, 2.75) is 26.5 Å². The number of rotatable bonds is 6. The molecule has 4 rings (SSSR count). The fourth-order valence-electron chi connectivity index (χ4n) is 3.40. The lowest BCUT2D eigenvalue weighted by molar-refractivity contribution is -0.137. The molecule has 1 fully saturated rings. The van der Waals surface area contributed by atoms with Gasteiger partial charge in [0.05, 0.1) is 17.3 Å². The highest BCUT2D eigenvalue weighted by Gasteiger charge is 2.34. The van der Waals surface area contributed by atoms with Crippen LogP contribution in [0.15, 0.2) is 28.8 Å². The minimum absolute atomic E-state index is 0.130. The van der Waals surface area contributed by atoms with Crippen molar-refractivity contribution in [3.8, 4) is 5.75 Å². The number of aromatic nitrogens is 2. The molecule has 0 saturated carbocycles. The van der Waals surface area contributed by atoms with E-state index in [2.05, 4.69) is 15.5 Å². The van der Waals surface area contributed by atoms with E-state index >= 15 is 0 Å². The number of likely N-dealkylation sites (tertiary alicyclic amines) is 1. The largest absolute Gasteiger partial charge is 0.484 e. The number of benzene rings is 1. The fraction of sp³-hybridized carbons (Fsp3) is 0.350. The normalized spacial score (nSPS) is 16.6. The molecule has 2 amide bonds. The maximum Gasteiger partial charge on any atom is 0.234 e. The van der Waals surface area contributed by atoms with E-state index in [-0.39, 0.29) is 18.4 Å². The summed E-state index contributed by atoms with van der Waals surface area (Å²) >= 11 is 6.33. The lowest BCUT2D eigenvalue weighted by Gasteiger charge is -2.10. The molecule has 2 aromatic heterocycles. The van der Waals surface area contributed by atoms with Gasteiger partial charge in [0.1, 0.15) is 18.3 Å². The van der Waals surface area contributed by atoms with E-state index < -0.39 is 5.92 Å². The predicted octanol–water partition coefficient (Wildman–Crippen LogP) is 2.79. The molecule has 8 nitrogen and oxygen atoms in total. The molecule has 152 valence electrons. The Bertz CT molecular complexity index is 1070. The minimum atomic E-state index is -0.599. The average Bonchev–Trinajstić information content (AvgIpc) is 3.37. The monoisotopic (exact) mass is 416 g/mol. The lowest BCUT2D eigenvalue weighted by Crippen LogP contribution is -2.35. The Balaban J connectivity index is 1.42. The van der Waals surface area contributed by atoms with Crippen molar-refractivity contribution in [1.82, 2.24) is 20.4 Å². The Labute approximate surface area is 172 Å². The second-order valence-electron chi connectivity index (χ2n) is 7.21. The Kier molecular flexibility index (Phi) is 5.19. The Morgan fingerprint density at radius 1 is 1.41 bits per heavy atom. The zero-order chi connectivity index (χ0) is 20.5. The molecule has 9 heteroatoms. The van der Waals surface area contributed by atoms with E-state index in [1.807, 2.05) is 19.1 Å². The third kappa shape index (κ3) is 4.07. The van der Waals surface area contributed by atoms with Crippen molar-refractivity contribution < 1.29 is 18.8 Å². The molecule has 3 aromatic rings. The molecule has 0 unspecified atom stereocenters. The van der Waals surface area contributed by atoms with E-state index in [1.54, 1.807) is 24.1 Å². The van der Waals surface area contributed by atoms with Crippen LogP contribution in [-0.4, -0.2) is 40.4 Å². The molecule has 3 heterocycles. The Morgan fingerprint density at radius 2 is 2.24 bits per heavy atom. The van der Waals surface area contributed by atoms with E-state index in [0.29, 0.717) is 36.0 Å². The van der Waals surface area contributed by atoms with Crippen molar-refractivity contribution in [2.24, 2.45) is 5.92 Å². The van der Waals surface area contributed by atoms with Gasteiger partial charge in [-0.2, -0.15) is 0 Å². The molecular formula is C20H21ClN4O4. The zero-order valence-corrected chi connectivity index (χ0v) is 16.9. The van der Waals surface area contributed by atoms with Gasteiger partial charge in [0.2, 0.25) is 11.8 Å². The average molecular weight is 417 g/mol. The number of H-pyrrole nitrogens is 1. The minimum Gasteiger partial charge on any atom is -0.484 e. The van der Waals surface area contributed by atoms with Crippen LogP contribution in [0.1, 0.15) is 23.6 Å². The Hall–Kier alpha value is -3.00. The van der Waals surface area contributed by atoms with Crippen molar-refractivity contribution in [3.05, 3.63) is 46.4 Å². The number of nitrogens with one attached hydrogen (secondary N) is 2. The molecule has 1 atom stereocenters. The standard InChI is InChI=1S/C20H21ClN4O4/c1-11-5-14(29-24-11)10-28-18-8-17-12(7-16(18)21)6-13(23-17)9-22-19(26)15-3-4-25(2)20(15)27/h5-8,15,23H,3-4,9-10H2,1-2H3,(H,22,26)/t15-/m0/s1. The highest BCUT2D eigenvalue weighted by Crippen LogP contribution is 2.31. The number of carbonyl (C=O) groups excluding carboxylic acids is 2. The first-order valence-electron chi connectivity index (χ1n) is 9.29. The Morgan fingerprint density at radius 3 is 2.93 bits per heavy atom. The second kappa shape index (κ2) is 7.79. The van der Waals surface area contributed by atoms with Crippen molar-refractivity contribution >= 4 is 34.3 Å². The molecule has 0 radical (unpaired) electrons. The van der Waals surface area contributed by atoms with Gasteiger partial charge in [0.15, 0.2) is 5.76 Å². The summed E-state index contributed by atoms with van der Waals surface area (Å²) in [6.07, 6.45) is 0.550. The highest BCUT2D eigenvalue weighted by molar-refractivity contribution is 6.32. The van der Waals surface area contributed by atoms with E-state index in [4.69, 9.17) is 20.9 Å². The smallest absolute Gasteiger partial charge is 0.234 e. The lowest BCUT2D eigenvalue weighted by atomic mass is 10.1. The van der Waals surface area contributed by atoms with Gasteiger partial charge in [0.25, 0.3) is 0 Å². The molecule has 1 aliphatic heterocycles. The van der Waals surface area contributed by atoms with E-state index in [0.717, 1.165) is 22.3 Å². The summed E-state index contributed by atoms with van der Waals surface area (Å²) in [4.78, 5) is 29.1. The van der Waals surface area contributed by atoms with Crippen LogP contribution < -0.4 is 10.1 Å². The van der Waals surface area contributed by atoms with Crippen LogP contribution >= 0.6 is 11.6 Å². The van der Waals surface area contributed by atoms with Crippen molar-refractivity contribution in [3.63, 3.8) is 0 Å². The third-order valence-corrected chi connectivity index (χ3v) is 5.27. The number of aryl methyl sites for hydroxylation is 1. The summed E-state index contributed by atoms with van der Waals surface area (Å²) in [7, 11) is 1.71. The van der Waals surface area contributed by atoms with Gasteiger partial charge in [-0.15, -0.1) is 0 Å². The van der Waals surface area contributed by atoms with Crippen LogP contribution in [0.25, 0.3) is 10.9 Å². The molecule has 0 bridgehead atoms. The fourth-order valence-corrected chi connectivity index (χ4v) is 3.63. The quantitative estimate of drug-likeness (QED) is 0.602. The molecule has 1 aromatic carbocycles. The van der Waals surface area contributed by atoms with Gasteiger partial charge >= 0.3 is 0 Å².